The molecule has 33 heavy (non-hydrogen) atoms. The molecule has 6 nitrogen and oxygen atoms in total. The van der Waals surface area contributed by atoms with Crippen molar-refractivity contribution in [3.05, 3.63) is 39.2 Å². The van der Waals surface area contributed by atoms with Gasteiger partial charge in [-0.15, -0.1) is 11.3 Å². The number of thiocarbonyl (C=S) groups is 1. The Balaban J connectivity index is 1.60. The van der Waals surface area contributed by atoms with Gasteiger partial charge in [-0.25, -0.2) is 0 Å². The fraction of sp³-hybridized carbons (Fsp3) is 0.435. The highest BCUT2D eigenvalue weighted by atomic mass is 35.5. The quantitative estimate of drug-likeness (QED) is 0.291. The van der Waals surface area contributed by atoms with Crippen LogP contribution >= 0.6 is 46.8 Å². The lowest BCUT2D eigenvalue weighted by Gasteiger charge is -2.34. The molecule has 1 aromatic heterocycles. The minimum absolute atomic E-state index is 0.0525. The van der Waals surface area contributed by atoms with Crippen LogP contribution < -0.4 is 5.43 Å². The molecule has 1 saturated heterocycles. The molecule has 0 saturated carbocycles. The van der Waals surface area contributed by atoms with E-state index in [9.17, 15) is 9.90 Å². The van der Waals surface area contributed by atoms with E-state index >= 15 is 0 Å². The van der Waals surface area contributed by atoms with Crippen molar-refractivity contribution in [1.29, 1.82) is 0 Å². The zero-order chi connectivity index (χ0) is 24.1. The van der Waals surface area contributed by atoms with Crippen LogP contribution in [0.2, 0.25) is 10.0 Å². The molecule has 0 spiro atoms. The van der Waals surface area contributed by atoms with Gasteiger partial charge in [0.2, 0.25) is 5.91 Å². The molecule has 10 heteroatoms. The van der Waals surface area contributed by atoms with Crippen molar-refractivity contribution in [3.63, 3.8) is 0 Å². The molecule has 1 aliphatic heterocycles. The number of nitrogens with one attached hydrogen (secondary N) is 1. The number of hydrogen-bond acceptors (Lipinski definition) is 5. The van der Waals surface area contributed by atoms with Crippen LogP contribution in [0.15, 0.2) is 28.7 Å². The first kappa shape index (κ1) is 25.7. The highest BCUT2D eigenvalue weighted by Gasteiger charge is 2.28. The van der Waals surface area contributed by atoms with Gasteiger partial charge in [0.05, 0.1) is 26.2 Å². The second-order valence-corrected chi connectivity index (χ2v) is 9.92. The van der Waals surface area contributed by atoms with E-state index in [4.69, 9.17) is 35.4 Å². The molecule has 2 aromatic rings. The number of hydrogen-bond donors (Lipinski definition) is 2. The molecule has 0 atom stereocenters. The number of thiophene rings is 1. The van der Waals surface area contributed by atoms with Gasteiger partial charge in [0.15, 0.2) is 5.11 Å². The first-order valence-corrected chi connectivity index (χ1v) is 12.9. The number of halogens is 2. The van der Waals surface area contributed by atoms with Crippen molar-refractivity contribution >= 4 is 63.5 Å². The summed E-state index contributed by atoms with van der Waals surface area (Å²) in [5.74, 6) is 0.429. The molecular weight excluding hydrogens is 499 g/mol. The zero-order valence-corrected chi connectivity index (χ0v) is 22.0. The van der Waals surface area contributed by atoms with E-state index in [1.807, 2.05) is 42.0 Å². The van der Waals surface area contributed by atoms with Crippen molar-refractivity contribution in [2.45, 2.75) is 33.6 Å². The van der Waals surface area contributed by atoms with Crippen molar-refractivity contribution in [2.24, 2.45) is 11.0 Å². The third kappa shape index (κ3) is 5.98. The smallest absolute Gasteiger partial charge is 0.225 e. The lowest BCUT2D eigenvalue weighted by atomic mass is 9.95. The fourth-order valence-corrected chi connectivity index (χ4v) is 5.37. The van der Waals surface area contributed by atoms with Crippen LogP contribution in [0.1, 0.15) is 39.2 Å². The Kier molecular flexibility index (Phi) is 8.98. The first-order chi connectivity index (χ1) is 15.8. The summed E-state index contributed by atoms with van der Waals surface area (Å²) in [5, 5.41) is 18.4. The molecule has 178 valence electrons. The zero-order valence-electron chi connectivity index (χ0n) is 18.9. The summed E-state index contributed by atoms with van der Waals surface area (Å²) in [4.78, 5) is 17.2. The van der Waals surface area contributed by atoms with Crippen molar-refractivity contribution in [3.8, 4) is 16.2 Å². The third-order valence-corrected chi connectivity index (χ3v) is 7.97. The van der Waals surface area contributed by atoms with E-state index in [0.29, 0.717) is 44.4 Å². The monoisotopic (exact) mass is 526 g/mol. The Hall–Kier alpha value is -1.87. The number of carbonyl (C=O) groups excluding carboxylic acids is 1. The molecule has 0 unspecified atom stereocenters. The highest BCUT2D eigenvalue weighted by molar-refractivity contribution is 7.80. The number of hydrazone groups is 1. The van der Waals surface area contributed by atoms with Gasteiger partial charge in [-0.3, -0.25) is 10.2 Å². The molecule has 1 fully saturated rings. The number of benzene rings is 1. The van der Waals surface area contributed by atoms with E-state index < -0.39 is 0 Å². The van der Waals surface area contributed by atoms with Gasteiger partial charge in [-0.1, -0.05) is 29.3 Å². The molecule has 1 aromatic carbocycles. The average molecular weight is 528 g/mol. The maximum absolute atomic E-state index is 12.6. The van der Waals surface area contributed by atoms with Gasteiger partial charge >= 0.3 is 0 Å². The first-order valence-electron chi connectivity index (χ1n) is 10.9. The van der Waals surface area contributed by atoms with Crippen LogP contribution in [-0.4, -0.2) is 57.8 Å². The largest absolute Gasteiger partial charge is 0.506 e. The van der Waals surface area contributed by atoms with Gasteiger partial charge in [-0.2, -0.15) is 5.10 Å². The summed E-state index contributed by atoms with van der Waals surface area (Å²) in [7, 11) is 0. The number of piperidine rings is 1. The standard InChI is InChI=1S/C23H28Cl2N4O2S2/c1-4-28(5-2)22(31)15-8-10-29(11-9-15)23(32)27-26-14(3)17-13-33-21(20(17)30)16-6-7-18(24)19(25)12-16/h6-7,12-13,15,30H,4-5,8-11H2,1-3H3,(H,27,32)/b26-14+. The lowest BCUT2D eigenvalue weighted by molar-refractivity contribution is -0.136. The van der Waals surface area contributed by atoms with Crippen LogP contribution in [-0.2, 0) is 4.79 Å². The van der Waals surface area contributed by atoms with Gasteiger partial charge in [0, 0.05) is 37.5 Å². The van der Waals surface area contributed by atoms with Crippen molar-refractivity contribution < 1.29 is 9.90 Å². The topological polar surface area (TPSA) is 68.2 Å². The number of likely N-dealkylation sites (tertiary alicyclic amines) is 1. The second-order valence-electron chi connectivity index (χ2n) is 7.84. The Labute approximate surface area is 214 Å². The van der Waals surface area contributed by atoms with Gasteiger partial charge < -0.3 is 14.9 Å². The summed E-state index contributed by atoms with van der Waals surface area (Å²) >= 11 is 19.0. The number of rotatable bonds is 6. The van der Waals surface area contributed by atoms with E-state index in [1.165, 1.54) is 11.3 Å². The molecular formula is C23H28Cl2N4O2S2. The number of aromatic hydroxyl groups is 1. The predicted octanol–water partition coefficient (Wildman–Crippen LogP) is 5.61. The SMILES string of the molecule is CCN(CC)C(=O)C1CCN(C(=S)N/N=C(\C)c2csc(-c3ccc(Cl)c(Cl)c3)c2O)CC1. The molecule has 1 aliphatic rings. The van der Waals surface area contributed by atoms with Crippen LogP contribution in [0.25, 0.3) is 10.4 Å². The van der Waals surface area contributed by atoms with Crippen molar-refractivity contribution in [1.82, 2.24) is 15.2 Å². The van der Waals surface area contributed by atoms with Gasteiger partial charge in [-0.05, 0) is 63.5 Å². The van der Waals surface area contributed by atoms with E-state index in [2.05, 4.69) is 10.5 Å². The molecule has 1 amide bonds. The molecule has 3 rings (SSSR count). The average Bonchev–Trinajstić information content (AvgIpc) is 3.21. The molecule has 0 radical (unpaired) electrons. The summed E-state index contributed by atoms with van der Waals surface area (Å²) in [6.45, 7) is 8.73. The van der Waals surface area contributed by atoms with Crippen molar-refractivity contribution in [2.75, 3.05) is 26.2 Å². The third-order valence-electron chi connectivity index (χ3n) is 5.86. The predicted molar refractivity (Wildman–Crippen MR) is 142 cm³/mol. The Morgan fingerprint density at radius 1 is 1.27 bits per heavy atom. The van der Waals surface area contributed by atoms with Crippen LogP contribution in [0.4, 0.5) is 0 Å². The number of nitrogens with zero attached hydrogens (tertiary/aromatic N) is 3. The Bertz CT molecular complexity index is 1050. The molecule has 2 N–H and O–H groups in total. The van der Waals surface area contributed by atoms with Crippen LogP contribution in [0.3, 0.4) is 0 Å². The summed E-state index contributed by atoms with van der Waals surface area (Å²) < 4.78 is 0. The maximum atomic E-state index is 12.6. The minimum Gasteiger partial charge on any atom is -0.506 e. The molecule has 2 heterocycles. The molecule has 0 bridgehead atoms. The molecule has 0 aliphatic carbocycles. The van der Waals surface area contributed by atoms with E-state index in [0.717, 1.165) is 31.5 Å². The second kappa shape index (κ2) is 11.5. The Morgan fingerprint density at radius 2 is 1.94 bits per heavy atom. The maximum Gasteiger partial charge on any atom is 0.225 e. The van der Waals surface area contributed by atoms with Gasteiger partial charge in [0.25, 0.3) is 0 Å². The normalized spacial score (nSPS) is 14.9. The van der Waals surface area contributed by atoms with Crippen LogP contribution in [0, 0.1) is 5.92 Å². The van der Waals surface area contributed by atoms with Crippen LogP contribution in [0.5, 0.6) is 5.75 Å². The highest BCUT2D eigenvalue weighted by Crippen LogP contribution is 2.40. The summed E-state index contributed by atoms with van der Waals surface area (Å²) in [6.07, 6.45) is 1.55. The minimum atomic E-state index is 0.0525. The van der Waals surface area contributed by atoms with Gasteiger partial charge in [0.1, 0.15) is 5.75 Å². The lowest BCUT2D eigenvalue weighted by Crippen LogP contribution is -2.46. The van der Waals surface area contributed by atoms with E-state index in [-0.39, 0.29) is 17.6 Å². The summed E-state index contributed by atoms with van der Waals surface area (Å²) in [6, 6.07) is 5.25. The number of amides is 1. The summed E-state index contributed by atoms with van der Waals surface area (Å²) in [5.41, 5.74) is 4.97. The Morgan fingerprint density at radius 3 is 2.55 bits per heavy atom. The fourth-order valence-electron chi connectivity index (χ4n) is 3.84. The van der Waals surface area contributed by atoms with E-state index in [1.54, 1.807) is 12.1 Å². The number of carbonyl (C=O) groups is 1.